The van der Waals surface area contributed by atoms with Crippen molar-refractivity contribution in [3.63, 3.8) is 0 Å². The molecule has 0 saturated carbocycles. The van der Waals surface area contributed by atoms with Gasteiger partial charge < -0.3 is 5.32 Å². The molecule has 0 unspecified atom stereocenters. The second kappa shape index (κ2) is 8.36. The lowest BCUT2D eigenvalue weighted by Crippen LogP contribution is -2.15. The van der Waals surface area contributed by atoms with Gasteiger partial charge in [-0.2, -0.15) is 0 Å². The van der Waals surface area contributed by atoms with Crippen LogP contribution in [0.1, 0.15) is 32.9 Å². The van der Waals surface area contributed by atoms with Crippen LogP contribution in [-0.2, 0) is 0 Å². The molecule has 31 heavy (non-hydrogen) atoms. The summed E-state index contributed by atoms with van der Waals surface area (Å²) in [5.74, 6) is 0.313. The first kappa shape index (κ1) is 20.8. The Morgan fingerprint density at radius 2 is 1.61 bits per heavy atom. The Hall–Kier alpha value is -3.44. The summed E-state index contributed by atoms with van der Waals surface area (Å²) in [6, 6.07) is 19.4. The highest BCUT2D eigenvalue weighted by atomic mass is 35.5. The molecule has 1 heterocycles. The molecule has 6 heteroatoms. The molecule has 5 nitrogen and oxygen atoms in total. The molecule has 0 atom stereocenters. The highest BCUT2D eigenvalue weighted by Crippen LogP contribution is 2.27. The standard InChI is InChI=1S/C25H23ClN4O/c1-15-11-13-19(14-12-15)24-28-23(25(31)27-21-9-5-7-16(2)17(21)3)29-30(24)22-10-6-8-20(26)18(22)4/h5-14H,1-4H3,(H,27,31). The van der Waals surface area contributed by atoms with Gasteiger partial charge >= 0.3 is 0 Å². The van der Waals surface area contributed by atoms with Crippen LogP contribution in [0.3, 0.4) is 0 Å². The van der Waals surface area contributed by atoms with Crippen LogP contribution in [0.5, 0.6) is 0 Å². The van der Waals surface area contributed by atoms with Gasteiger partial charge in [0, 0.05) is 16.3 Å². The molecule has 1 N–H and O–H groups in total. The monoisotopic (exact) mass is 430 g/mol. The van der Waals surface area contributed by atoms with E-state index in [0.717, 1.165) is 39.2 Å². The fraction of sp³-hybridized carbons (Fsp3) is 0.160. The van der Waals surface area contributed by atoms with Gasteiger partial charge in [0.1, 0.15) is 0 Å². The number of hydrogen-bond acceptors (Lipinski definition) is 3. The van der Waals surface area contributed by atoms with E-state index >= 15 is 0 Å². The molecule has 0 fully saturated rings. The minimum Gasteiger partial charge on any atom is -0.319 e. The maximum Gasteiger partial charge on any atom is 0.295 e. The molecule has 0 bridgehead atoms. The van der Waals surface area contributed by atoms with Crippen molar-refractivity contribution in [3.05, 3.63) is 93.8 Å². The van der Waals surface area contributed by atoms with E-state index in [0.29, 0.717) is 10.8 Å². The summed E-state index contributed by atoms with van der Waals surface area (Å²) in [6.07, 6.45) is 0. The molecular weight excluding hydrogens is 408 g/mol. The van der Waals surface area contributed by atoms with Crippen molar-refractivity contribution in [2.45, 2.75) is 27.7 Å². The summed E-state index contributed by atoms with van der Waals surface area (Å²) in [4.78, 5) is 17.6. The number of nitrogens with one attached hydrogen (secondary N) is 1. The van der Waals surface area contributed by atoms with Crippen molar-refractivity contribution in [2.75, 3.05) is 5.32 Å². The number of benzene rings is 3. The van der Waals surface area contributed by atoms with E-state index in [2.05, 4.69) is 15.4 Å². The number of aromatic nitrogens is 3. The highest BCUT2D eigenvalue weighted by molar-refractivity contribution is 6.31. The van der Waals surface area contributed by atoms with E-state index in [4.69, 9.17) is 11.6 Å². The Morgan fingerprint density at radius 1 is 0.903 bits per heavy atom. The number of nitrogens with zero attached hydrogens (tertiary/aromatic N) is 3. The smallest absolute Gasteiger partial charge is 0.295 e. The molecular formula is C25H23ClN4O. The van der Waals surface area contributed by atoms with Crippen molar-refractivity contribution >= 4 is 23.2 Å². The van der Waals surface area contributed by atoms with Gasteiger partial charge in [0.25, 0.3) is 5.91 Å². The van der Waals surface area contributed by atoms with Crippen LogP contribution in [0.4, 0.5) is 5.69 Å². The van der Waals surface area contributed by atoms with E-state index < -0.39 is 0 Å². The lowest BCUT2D eigenvalue weighted by molar-refractivity contribution is 0.101. The third kappa shape index (κ3) is 4.09. The summed E-state index contributed by atoms with van der Waals surface area (Å²) >= 11 is 6.35. The van der Waals surface area contributed by atoms with Gasteiger partial charge in [-0.25, -0.2) is 9.67 Å². The predicted molar refractivity (Wildman–Crippen MR) is 125 cm³/mol. The fourth-order valence-corrected chi connectivity index (χ4v) is 3.53. The molecule has 0 aliphatic carbocycles. The number of anilines is 1. The van der Waals surface area contributed by atoms with Crippen LogP contribution in [0.25, 0.3) is 17.1 Å². The van der Waals surface area contributed by atoms with Crippen LogP contribution in [0, 0.1) is 27.7 Å². The minimum absolute atomic E-state index is 0.0934. The van der Waals surface area contributed by atoms with Crippen molar-refractivity contribution in [1.82, 2.24) is 14.8 Å². The number of rotatable bonds is 4. The number of carbonyl (C=O) groups is 1. The Balaban J connectivity index is 1.81. The summed E-state index contributed by atoms with van der Waals surface area (Å²) in [6.45, 7) is 7.94. The van der Waals surface area contributed by atoms with Crippen LogP contribution in [-0.4, -0.2) is 20.7 Å². The number of halogens is 1. The van der Waals surface area contributed by atoms with Crippen LogP contribution in [0.2, 0.25) is 5.02 Å². The summed E-state index contributed by atoms with van der Waals surface area (Å²) < 4.78 is 1.68. The Labute approximate surface area is 186 Å². The van der Waals surface area contributed by atoms with Gasteiger partial charge in [-0.3, -0.25) is 4.79 Å². The van der Waals surface area contributed by atoms with Gasteiger partial charge in [0.15, 0.2) is 5.82 Å². The second-order valence-electron chi connectivity index (χ2n) is 7.62. The van der Waals surface area contributed by atoms with Gasteiger partial charge in [-0.1, -0.05) is 59.6 Å². The minimum atomic E-state index is -0.361. The number of hydrogen-bond donors (Lipinski definition) is 1. The molecule has 0 radical (unpaired) electrons. The summed E-state index contributed by atoms with van der Waals surface area (Å²) in [5, 5.41) is 8.14. The zero-order valence-corrected chi connectivity index (χ0v) is 18.7. The molecule has 0 aliphatic rings. The lowest BCUT2D eigenvalue weighted by Gasteiger charge is -2.10. The van der Waals surface area contributed by atoms with Crippen LogP contribution in [0.15, 0.2) is 60.7 Å². The zero-order valence-electron chi connectivity index (χ0n) is 17.9. The number of amides is 1. The van der Waals surface area contributed by atoms with Crippen molar-refractivity contribution in [3.8, 4) is 17.1 Å². The maximum absolute atomic E-state index is 13.0. The van der Waals surface area contributed by atoms with Gasteiger partial charge in [0.2, 0.25) is 5.82 Å². The molecule has 156 valence electrons. The highest BCUT2D eigenvalue weighted by Gasteiger charge is 2.21. The molecule has 0 spiro atoms. The van der Waals surface area contributed by atoms with Crippen molar-refractivity contribution < 1.29 is 4.79 Å². The fourth-order valence-electron chi connectivity index (χ4n) is 3.36. The number of carbonyl (C=O) groups excluding carboxylic acids is 1. The van der Waals surface area contributed by atoms with Crippen molar-refractivity contribution in [1.29, 1.82) is 0 Å². The first-order valence-corrected chi connectivity index (χ1v) is 10.4. The third-order valence-electron chi connectivity index (χ3n) is 5.44. The van der Waals surface area contributed by atoms with Gasteiger partial charge in [0.05, 0.1) is 5.69 Å². The SMILES string of the molecule is Cc1ccc(-c2nc(C(=O)Nc3cccc(C)c3C)nn2-c2cccc(Cl)c2C)cc1. The van der Waals surface area contributed by atoms with E-state index in [1.54, 1.807) is 4.68 Å². The summed E-state index contributed by atoms with van der Waals surface area (Å²) in [7, 11) is 0. The first-order chi connectivity index (χ1) is 14.8. The maximum atomic E-state index is 13.0. The molecule has 4 rings (SSSR count). The van der Waals surface area contributed by atoms with E-state index in [1.165, 1.54) is 0 Å². The Morgan fingerprint density at radius 3 is 2.35 bits per heavy atom. The predicted octanol–water partition coefficient (Wildman–Crippen LogP) is 6.07. The largest absolute Gasteiger partial charge is 0.319 e. The summed E-state index contributed by atoms with van der Waals surface area (Å²) in [5.41, 5.74) is 6.51. The van der Waals surface area contributed by atoms with Gasteiger partial charge in [-0.15, -0.1) is 5.10 Å². The normalized spacial score (nSPS) is 10.9. The first-order valence-electron chi connectivity index (χ1n) is 10.0. The van der Waals surface area contributed by atoms with Crippen LogP contribution >= 0.6 is 11.6 Å². The second-order valence-corrected chi connectivity index (χ2v) is 8.03. The number of aryl methyl sites for hydroxylation is 2. The van der Waals surface area contributed by atoms with Gasteiger partial charge in [-0.05, 0) is 62.6 Å². The molecule has 0 saturated heterocycles. The lowest BCUT2D eigenvalue weighted by atomic mass is 10.1. The Kier molecular flexibility index (Phi) is 5.61. The molecule has 3 aromatic carbocycles. The average Bonchev–Trinajstić information content (AvgIpc) is 3.19. The Bertz CT molecular complexity index is 1280. The topological polar surface area (TPSA) is 59.8 Å². The molecule has 1 aromatic heterocycles. The van der Waals surface area contributed by atoms with Crippen LogP contribution < -0.4 is 5.32 Å². The third-order valence-corrected chi connectivity index (χ3v) is 5.85. The average molecular weight is 431 g/mol. The van der Waals surface area contributed by atoms with E-state index in [9.17, 15) is 4.79 Å². The van der Waals surface area contributed by atoms with E-state index in [1.807, 2.05) is 88.4 Å². The zero-order chi connectivity index (χ0) is 22.1. The molecule has 0 aliphatic heterocycles. The van der Waals surface area contributed by atoms with E-state index in [-0.39, 0.29) is 11.7 Å². The van der Waals surface area contributed by atoms with Crippen molar-refractivity contribution in [2.24, 2.45) is 0 Å². The quantitative estimate of drug-likeness (QED) is 0.427. The molecule has 1 amide bonds. The molecule has 4 aromatic rings.